The second-order valence-corrected chi connectivity index (χ2v) is 4.45. The zero-order chi connectivity index (χ0) is 14.5. The third-order valence-corrected chi connectivity index (χ3v) is 3.40. The van der Waals surface area contributed by atoms with E-state index < -0.39 is 0 Å². The number of aromatic nitrogens is 1. The molecule has 0 saturated heterocycles. The van der Waals surface area contributed by atoms with Crippen molar-refractivity contribution in [2.75, 3.05) is 0 Å². The molecule has 0 saturated carbocycles. The summed E-state index contributed by atoms with van der Waals surface area (Å²) < 4.78 is 2.25. The number of para-hydroxylation sites is 1. The first-order chi connectivity index (χ1) is 9.78. The van der Waals surface area contributed by atoms with Gasteiger partial charge in [0.1, 0.15) is 0 Å². The topological polar surface area (TPSA) is 4.93 Å². The first-order valence-corrected chi connectivity index (χ1v) is 6.80. The van der Waals surface area contributed by atoms with Crippen molar-refractivity contribution in [3.05, 3.63) is 51.5 Å². The Hall–Kier alpha value is -2.46. The summed E-state index contributed by atoms with van der Waals surface area (Å²) in [4.78, 5) is 0. The molecule has 0 radical (unpaired) electrons. The first-order valence-electron chi connectivity index (χ1n) is 6.80. The highest BCUT2D eigenvalue weighted by molar-refractivity contribution is 5.49. The van der Waals surface area contributed by atoms with Crippen LogP contribution in [0, 0.1) is 12.3 Å². The van der Waals surface area contributed by atoms with E-state index in [9.17, 15) is 0 Å². The maximum absolute atomic E-state index is 5.49. The Kier molecular flexibility index (Phi) is 4.27. The third kappa shape index (κ3) is 2.21. The Labute approximate surface area is 119 Å². The van der Waals surface area contributed by atoms with E-state index in [1.165, 1.54) is 10.6 Å². The molecule has 0 aliphatic heterocycles. The molecule has 2 rings (SSSR count). The van der Waals surface area contributed by atoms with Crippen LogP contribution in [0.4, 0.5) is 0 Å². The summed E-state index contributed by atoms with van der Waals surface area (Å²) in [5.74, 6) is 2.66. The summed E-state index contributed by atoms with van der Waals surface area (Å²) in [5, 5.41) is 4.60. The molecular formula is C19H19N. The van der Waals surface area contributed by atoms with E-state index >= 15 is 0 Å². The van der Waals surface area contributed by atoms with E-state index in [4.69, 9.17) is 6.42 Å². The van der Waals surface area contributed by atoms with E-state index in [1.54, 1.807) is 0 Å². The highest BCUT2D eigenvalue weighted by atomic mass is 15.0. The molecule has 1 heterocycles. The molecule has 0 unspecified atom stereocenters. The minimum Gasteiger partial charge on any atom is -0.310 e. The van der Waals surface area contributed by atoms with Gasteiger partial charge in [0.05, 0.1) is 5.35 Å². The fourth-order valence-electron chi connectivity index (χ4n) is 2.61. The van der Waals surface area contributed by atoms with Gasteiger partial charge >= 0.3 is 0 Å². The molecule has 0 atom stereocenters. The normalized spacial score (nSPS) is 14.9. The molecule has 2 aromatic rings. The van der Waals surface area contributed by atoms with E-state index in [0.29, 0.717) is 0 Å². The lowest BCUT2D eigenvalue weighted by molar-refractivity contribution is 0.985. The second kappa shape index (κ2) is 6.12. The summed E-state index contributed by atoms with van der Waals surface area (Å²) in [6, 6.07) is 10.3. The van der Waals surface area contributed by atoms with Crippen molar-refractivity contribution >= 4 is 24.3 Å². The predicted molar refractivity (Wildman–Crippen MR) is 88.0 cm³/mol. The van der Waals surface area contributed by atoms with Gasteiger partial charge in [-0.1, -0.05) is 42.3 Å². The quantitative estimate of drug-likeness (QED) is 0.682. The van der Waals surface area contributed by atoms with Crippen molar-refractivity contribution in [3.63, 3.8) is 0 Å². The molecule has 1 aromatic heterocycles. The van der Waals surface area contributed by atoms with Crippen LogP contribution in [0.15, 0.2) is 30.3 Å². The number of hydrogen-bond donors (Lipinski definition) is 0. The third-order valence-electron chi connectivity index (χ3n) is 3.40. The van der Waals surface area contributed by atoms with Gasteiger partial charge in [-0.25, -0.2) is 0 Å². The summed E-state index contributed by atoms with van der Waals surface area (Å²) in [7, 11) is 0. The monoisotopic (exact) mass is 261 g/mol. The van der Waals surface area contributed by atoms with Crippen molar-refractivity contribution in [1.29, 1.82) is 0 Å². The van der Waals surface area contributed by atoms with Crippen LogP contribution >= 0.6 is 0 Å². The Morgan fingerprint density at radius 3 is 2.00 bits per heavy atom. The number of rotatable bonds is 1. The largest absolute Gasteiger partial charge is 0.310 e. The fourth-order valence-corrected chi connectivity index (χ4v) is 2.61. The van der Waals surface area contributed by atoms with Gasteiger partial charge in [-0.05, 0) is 39.0 Å². The van der Waals surface area contributed by atoms with Gasteiger partial charge in [-0.15, -0.1) is 6.42 Å². The molecule has 20 heavy (non-hydrogen) atoms. The predicted octanol–water partition coefficient (Wildman–Crippen LogP) is 1.29. The van der Waals surface area contributed by atoms with Crippen molar-refractivity contribution < 1.29 is 0 Å². The lowest BCUT2D eigenvalue weighted by Crippen LogP contribution is -2.36. The summed E-state index contributed by atoms with van der Waals surface area (Å²) in [6.07, 6.45) is 13.7. The van der Waals surface area contributed by atoms with E-state index in [0.717, 1.165) is 16.3 Å². The number of hydrogen-bond acceptors (Lipinski definition) is 0. The molecule has 1 nitrogen and oxygen atoms in total. The van der Waals surface area contributed by atoms with Gasteiger partial charge in [0.25, 0.3) is 0 Å². The number of benzene rings is 1. The Balaban J connectivity index is 3.14. The summed E-state index contributed by atoms with van der Waals surface area (Å²) in [5.41, 5.74) is 1.15. The van der Waals surface area contributed by atoms with E-state index in [-0.39, 0.29) is 0 Å². The Morgan fingerprint density at radius 2 is 1.50 bits per heavy atom. The molecule has 0 aliphatic carbocycles. The summed E-state index contributed by atoms with van der Waals surface area (Å²) >= 11 is 0. The van der Waals surface area contributed by atoms with Gasteiger partial charge in [0.15, 0.2) is 0 Å². The van der Waals surface area contributed by atoms with Gasteiger partial charge in [-0.3, -0.25) is 0 Å². The highest BCUT2D eigenvalue weighted by Crippen LogP contribution is 1.99. The minimum absolute atomic E-state index is 1.11. The molecule has 0 aliphatic rings. The van der Waals surface area contributed by atoms with Gasteiger partial charge in [0, 0.05) is 21.5 Å². The van der Waals surface area contributed by atoms with Crippen LogP contribution in [0.2, 0.25) is 0 Å². The van der Waals surface area contributed by atoms with Gasteiger partial charge < -0.3 is 4.57 Å². The Bertz CT molecular complexity index is 872. The van der Waals surface area contributed by atoms with E-state index in [1.807, 2.05) is 38.1 Å². The zero-order valence-electron chi connectivity index (χ0n) is 12.2. The van der Waals surface area contributed by atoms with Crippen LogP contribution in [0.25, 0.3) is 30.0 Å². The van der Waals surface area contributed by atoms with Crippen molar-refractivity contribution in [2.45, 2.75) is 20.8 Å². The lowest BCUT2D eigenvalue weighted by atomic mass is 10.3. The zero-order valence-corrected chi connectivity index (χ0v) is 12.2. The van der Waals surface area contributed by atoms with Crippen molar-refractivity contribution in [2.24, 2.45) is 0 Å². The van der Waals surface area contributed by atoms with Crippen molar-refractivity contribution in [1.82, 2.24) is 4.57 Å². The van der Waals surface area contributed by atoms with Crippen LogP contribution in [-0.2, 0) is 0 Å². The molecule has 0 amide bonds. The van der Waals surface area contributed by atoms with Gasteiger partial charge in [0.2, 0.25) is 0 Å². The molecule has 0 bridgehead atoms. The maximum atomic E-state index is 5.49. The molecule has 1 aromatic carbocycles. The Morgan fingerprint density at radius 1 is 0.900 bits per heavy atom. The molecule has 0 fully saturated rings. The average molecular weight is 261 g/mol. The standard InChI is InChI=1S/C19H19N/c1-5-12-17-16(6-2)18(7-3)20(19(17)8-4)15-13-10-9-11-14-15/h1,6-14H,2-4H3/b16-6?,17-12-,18-7+,19-8+. The van der Waals surface area contributed by atoms with Crippen LogP contribution in [-0.4, -0.2) is 4.57 Å². The fraction of sp³-hybridized carbons (Fsp3) is 0.158. The number of nitrogens with zero attached hydrogens (tertiary/aromatic N) is 1. The van der Waals surface area contributed by atoms with E-state index in [2.05, 4.69) is 47.8 Å². The van der Waals surface area contributed by atoms with Crippen LogP contribution < -0.4 is 21.1 Å². The maximum Gasteiger partial charge on any atom is 0.0504 e. The molecular weight excluding hydrogens is 242 g/mol. The SMILES string of the molecule is C#C/C=c1/c(=CC)/c(=C\C)n(-c2ccccc2)/c1=C/C. The average Bonchev–Trinajstić information content (AvgIpc) is 2.81. The minimum atomic E-state index is 1.11. The van der Waals surface area contributed by atoms with Crippen LogP contribution in [0.1, 0.15) is 20.8 Å². The van der Waals surface area contributed by atoms with Crippen LogP contribution in [0.3, 0.4) is 0 Å². The second-order valence-electron chi connectivity index (χ2n) is 4.45. The van der Waals surface area contributed by atoms with Crippen LogP contribution in [0.5, 0.6) is 0 Å². The molecule has 100 valence electrons. The number of terminal acetylenes is 1. The lowest BCUT2D eigenvalue weighted by Gasteiger charge is -2.04. The first kappa shape index (κ1) is 14.0. The van der Waals surface area contributed by atoms with Crippen molar-refractivity contribution in [3.8, 4) is 18.0 Å². The summed E-state index contributed by atoms with van der Waals surface area (Å²) in [6.45, 7) is 6.15. The molecule has 0 spiro atoms. The smallest absolute Gasteiger partial charge is 0.0504 e. The molecule has 1 heteroatoms. The van der Waals surface area contributed by atoms with Gasteiger partial charge in [-0.2, -0.15) is 0 Å². The highest BCUT2D eigenvalue weighted by Gasteiger charge is 2.04. The molecule has 0 N–H and O–H groups in total.